The zero-order valence-corrected chi connectivity index (χ0v) is 16.7. The summed E-state index contributed by atoms with van der Waals surface area (Å²) in [4.78, 5) is 0. The topological polar surface area (TPSA) is 18.5 Å². The minimum Gasteiger partial charge on any atom is -0.374 e. The molecule has 23 heavy (non-hydrogen) atoms. The van der Waals surface area contributed by atoms with Crippen LogP contribution >= 0.6 is 0 Å². The van der Waals surface area contributed by atoms with E-state index < -0.39 is 0 Å². The van der Waals surface area contributed by atoms with E-state index in [-0.39, 0.29) is 0 Å². The third-order valence-corrected chi connectivity index (χ3v) is 7.63. The fraction of sp³-hybridized carbons (Fsp3) is 1.00. The monoisotopic (exact) mass is 324 g/mol. The second-order valence-electron chi connectivity index (χ2n) is 8.63. The molecular weight excluding hydrogens is 284 g/mol. The molecule has 2 heteroatoms. The third-order valence-electron chi connectivity index (χ3n) is 7.63. The van der Waals surface area contributed by atoms with Crippen molar-refractivity contribution in [2.75, 3.05) is 0 Å². The molecule has 0 radical (unpaired) electrons. The Morgan fingerprint density at radius 1 is 0.478 bits per heavy atom. The van der Waals surface area contributed by atoms with Crippen LogP contribution in [0, 0.1) is 35.5 Å². The molecule has 2 saturated heterocycles. The van der Waals surface area contributed by atoms with Gasteiger partial charge in [0.2, 0.25) is 0 Å². The zero-order valence-electron chi connectivity index (χ0n) is 16.7. The van der Waals surface area contributed by atoms with Gasteiger partial charge in [-0.2, -0.15) is 0 Å². The number of hydrogen-bond donors (Lipinski definition) is 0. The van der Waals surface area contributed by atoms with Crippen molar-refractivity contribution >= 4 is 0 Å². The fourth-order valence-corrected chi connectivity index (χ4v) is 4.96. The van der Waals surface area contributed by atoms with Crippen LogP contribution in [0.5, 0.6) is 0 Å². The average Bonchev–Trinajstić information content (AvgIpc) is 2.55. The van der Waals surface area contributed by atoms with E-state index in [0.29, 0.717) is 48.1 Å². The minimum atomic E-state index is 0.358. The van der Waals surface area contributed by atoms with E-state index in [1.807, 2.05) is 0 Å². The molecule has 2 fully saturated rings. The zero-order chi connectivity index (χ0) is 17.3. The third kappa shape index (κ3) is 3.79. The van der Waals surface area contributed by atoms with Crippen LogP contribution in [0.1, 0.15) is 74.7 Å². The Morgan fingerprint density at radius 3 is 1.09 bits per heavy atom. The predicted molar refractivity (Wildman–Crippen MR) is 97.5 cm³/mol. The first-order chi connectivity index (χ1) is 10.8. The highest BCUT2D eigenvalue weighted by Gasteiger charge is 2.43. The van der Waals surface area contributed by atoms with E-state index in [9.17, 15) is 0 Å². The molecule has 2 aliphatic rings. The van der Waals surface area contributed by atoms with Crippen LogP contribution in [-0.4, -0.2) is 24.4 Å². The Morgan fingerprint density at radius 2 is 0.783 bits per heavy atom. The van der Waals surface area contributed by atoms with E-state index in [1.54, 1.807) is 0 Å². The normalized spacial score (nSPS) is 51.7. The number of hydrogen-bond acceptors (Lipinski definition) is 2. The van der Waals surface area contributed by atoms with Gasteiger partial charge in [-0.25, -0.2) is 0 Å². The van der Waals surface area contributed by atoms with Gasteiger partial charge in [0, 0.05) is 6.42 Å². The van der Waals surface area contributed by atoms with Crippen LogP contribution in [-0.2, 0) is 9.47 Å². The molecular formula is C21H40O2. The van der Waals surface area contributed by atoms with Crippen molar-refractivity contribution in [2.45, 2.75) is 99.1 Å². The van der Waals surface area contributed by atoms with E-state index in [1.165, 1.54) is 0 Å². The van der Waals surface area contributed by atoms with Crippen molar-refractivity contribution in [2.24, 2.45) is 35.5 Å². The van der Waals surface area contributed by atoms with Gasteiger partial charge in [-0.3, -0.25) is 0 Å². The lowest BCUT2D eigenvalue weighted by molar-refractivity contribution is -0.183. The lowest BCUT2D eigenvalue weighted by atomic mass is 9.71. The van der Waals surface area contributed by atoms with Gasteiger partial charge in [-0.05, 0) is 48.3 Å². The maximum atomic E-state index is 6.53. The Bertz CT molecular complexity index is 331. The molecule has 10 unspecified atom stereocenters. The van der Waals surface area contributed by atoms with E-state index in [4.69, 9.17) is 9.47 Å². The predicted octanol–water partition coefficient (Wildman–Crippen LogP) is 5.55. The quantitative estimate of drug-likeness (QED) is 0.675. The maximum absolute atomic E-state index is 6.53. The summed E-state index contributed by atoms with van der Waals surface area (Å²) >= 11 is 0. The molecule has 136 valence electrons. The summed E-state index contributed by atoms with van der Waals surface area (Å²) in [6, 6.07) is 0. The highest BCUT2D eigenvalue weighted by Crippen LogP contribution is 2.42. The molecule has 0 N–H and O–H groups in total. The van der Waals surface area contributed by atoms with Crippen molar-refractivity contribution in [3.8, 4) is 0 Å². The van der Waals surface area contributed by atoms with Gasteiger partial charge in [0.15, 0.2) is 0 Å². The number of ether oxygens (including phenoxy) is 2. The van der Waals surface area contributed by atoms with E-state index >= 15 is 0 Å². The summed E-state index contributed by atoms with van der Waals surface area (Å²) in [6.07, 6.45) is 4.88. The number of rotatable bonds is 4. The Hall–Kier alpha value is -0.0800. The molecule has 2 nitrogen and oxygen atoms in total. The van der Waals surface area contributed by atoms with Crippen molar-refractivity contribution < 1.29 is 9.47 Å². The molecule has 0 saturated carbocycles. The van der Waals surface area contributed by atoms with Crippen molar-refractivity contribution in [1.29, 1.82) is 0 Å². The standard InChI is InChI=1S/C21H40O2/c1-9-18-14(5)12(3)16(7)20(22-18)11-21-17(8)13(4)15(6)19(10-2)23-21/h12-21H,9-11H2,1-8H3. The van der Waals surface area contributed by atoms with Gasteiger partial charge >= 0.3 is 0 Å². The van der Waals surface area contributed by atoms with Crippen LogP contribution in [0.2, 0.25) is 0 Å². The molecule has 0 amide bonds. The van der Waals surface area contributed by atoms with Crippen LogP contribution < -0.4 is 0 Å². The second kappa shape index (κ2) is 7.87. The second-order valence-corrected chi connectivity index (χ2v) is 8.63. The van der Waals surface area contributed by atoms with Gasteiger partial charge < -0.3 is 9.47 Å². The first kappa shape index (κ1) is 19.2. The van der Waals surface area contributed by atoms with Gasteiger partial charge in [0.1, 0.15) is 0 Å². The molecule has 0 aromatic heterocycles. The lowest BCUT2D eigenvalue weighted by Gasteiger charge is -2.48. The van der Waals surface area contributed by atoms with Crippen LogP contribution in [0.25, 0.3) is 0 Å². The van der Waals surface area contributed by atoms with Crippen molar-refractivity contribution in [3.05, 3.63) is 0 Å². The summed E-state index contributed by atoms with van der Waals surface area (Å²) in [7, 11) is 0. The summed E-state index contributed by atoms with van der Waals surface area (Å²) in [5, 5.41) is 0. The largest absolute Gasteiger partial charge is 0.374 e. The lowest BCUT2D eigenvalue weighted by Crippen LogP contribution is -2.50. The van der Waals surface area contributed by atoms with E-state index in [2.05, 4.69) is 55.4 Å². The average molecular weight is 325 g/mol. The molecule has 10 atom stereocenters. The first-order valence-corrected chi connectivity index (χ1v) is 10.1. The molecule has 0 bridgehead atoms. The van der Waals surface area contributed by atoms with Gasteiger partial charge in [-0.1, -0.05) is 55.4 Å². The first-order valence-electron chi connectivity index (χ1n) is 10.1. The van der Waals surface area contributed by atoms with Crippen molar-refractivity contribution in [1.82, 2.24) is 0 Å². The summed E-state index contributed by atoms with van der Waals surface area (Å²) in [5.74, 6) is 4.04. The molecule has 2 rings (SSSR count). The summed E-state index contributed by atoms with van der Waals surface area (Å²) < 4.78 is 13.1. The highest BCUT2D eigenvalue weighted by molar-refractivity contribution is 4.91. The van der Waals surface area contributed by atoms with Gasteiger partial charge in [0.05, 0.1) is 24.4 Å². The van der Waals surface area contributed by atoms with E-state index in [0.717, 1.165) is 31.1 Å². The van der Waals surface area contributed by atoms with Crippen LogP contribution in [0.15, 0.2) is 0 Å². The van der Waals surface area contributed by atoms with Crippen LogP contribution in [0.3, 0.4) is 0 Å². The molecule has 0 aromatic rings. The van der Waals surface area contributed by atoms with Gasteiger partial charge in [-0.15, -0.1) is 0 Å². The SMILES string of the molecule is CCC1OC(CC2OC(CC)C(C)C(C)C2C)C(C)C(C)C1C. The Balaban J connectivity index is 2.07. The summed E-state index contributed by atoms with van der Waals surface area (Å²) in [5.41, 5.74) is 0. The molecule has 2 aliphatic heterocycles. The van der Waals surface area contributed by atoms with Crippen molar-refractivity contribution in [3.63, 3.8) is 0 Å². The van der Waals surface area contributed by atoms with Gasteiger partial charge in [0.25, 0.3) is 0 Å². The summed E-state index contributed by atoms with van der Waals surface area (Å²) in [6.45, 7) is 18.8. The maximum Gasteiger partial charge on any atom is 0.0632 e. The molecule has 0 aromatic carbocycles. The molecule has 0 spiro atoms. The smallest absolute Gasteiger partial charge is 0.0632 e. The van der Waals surface area contributed by atoms with Crippen LogP contribution in [0.4, 0.5) is 0 Å². The Labute approximate surface area is 144 Å². The molecule has 0 aliphatic carbocycles. The minimum absolute atomic E-state index is 0.358. The highest BCUT2D eigenvalue weighted by atomic mass is 16.5. The fourth-order valence-electron chi connectivity index (χ4n) is 4.96. The molecule has 2 heterocycles. The Kier molecular flexibility index (Phi) is 6.58.